The predicted octanol–water partition coefficient (Wildman–Crippen LogP) is 6.86. The van der Waals surface area contributed by atoms with Crippen LogP contribution in [0.15, 0.2) is 121 Å². The molecule has 5 aromatic rings. The van der Waals surface area contributed by atoms with E-state index in [9.17, 15) is 4.79 Å². The number of rotatable bonds is 5. The number of carbonyl (C=O) groups is 1. The zero-order chi connectivity index (χ0) is 23.3. The largest absolute Gasteiger partial charge is 0.465 e. The minimum Gasteiger partial charge on any atom is -0.465 e. The summed E-state index contributed by atoms with van der Waals surface area (Å²) < 4.78 is 4.92. The molecule has 4 nitrogen and oxygen atoms in total. The fraction of sp³-hybridized carbons (Fsp3) is 0.0333. The highest BCUT2D eigenvalue weighted by Gasteiger charge is 2.13. The van der Waals surface area contributed by atoms with Gasteiger partial charge in [0.2, 0.25) is 0 Å². The van der Waals surface area contributed by atoms with Crippen LogP contribution >= 0.6 is 0 Å². The molecular weight excluding hydrogens is 420 g/mol. The quantitative estimate of drug-likeness (QED) is 0.221. The second kappa shape index (κ2) is 9.51. The molecule has 34 heavy (non-hydrogen) atoms. The summed E-state index contributed by atoms with van der Waals surface area (Å²) >= 11 is 0. The van der Waals surface area contributed by atoms with Gasteiger partial charge in [-0.05, 0) is 23.3 Å². The molecule has 0 aliphatic carbocycles. The first-order valence-electron chi connectivity index (χ1n) is 11.0. The Balaban J connectivity index is 1.75. The SMILES string of the molecule is COC(=O)c1cccc(-c2cccc3cncc(N=C(c4ccccc4)c4ccccc4)c23)c1. The van der Waals surface area contributed by atoms with Crippen LogP contribution in [0.25, 0.3) is 21.9 Å². The lowest BCUT2D eigenvalue weighted by Gasteiger charge is -2.12. The molecule has 0 radical (unpaired) electrons. The van der Waals surface area contributed by atoms with Crippen molar-refractivity contribution in [2.24, 2.45) is 4.99 Å². The number of hydrogen-bond acceptors (Lipinski definition) is 4. The normalized spacial score (nSPS) is 10.6. The van der Waals surface area contributed by atoms with Crippen LogP contribution in [0.4, 0.5) is 5.69 Å². The molecule has 4 heteroatoms. The average molecular weight is 443 g/mol. The van der Waals surface area contributed by atoms with Crippen molar-refractivity contribution >= 4 is 28.1 Å². The van der Waals surface area contributed by atoms with Crippen molar-refractivity contribution in [3.63, 3.8) is 0 Å². The fourth-order valence-corrected chi connectivity index (χ4v) is 4.08. The number of ether oxygens (including phenoxy) is 1. The van der Waals surface area contributed by atoms with Gasteiger partial charge in [0.15, 0.2) is 0 Å². The molecule has 0 amide bonds. The molecule has 1 aromatic heterocycles. The Labute approximate surface area is 198 Å². The summed E-state index contributed by atoms with van der Waals surface area (Å²) in [5.41, 5.74) is 6.08. The Morgan fingerprint density at radius 2 is 1.38 bits per heavy atom. The topological polar surface area (TPSA) is 51.5 Å². The molecule has 1 heterocycles. The van der Waals surface area contributed by atoms with Crippen LogP contribution < -0.4 is 0 Å². The van der Waals surface area contributed by atoms with Crippen molar-refractivity contribution in [3.8, 4) is 11.1 Å². The summed E-state index contributed by atoms with van der Waals surface area (Å²) in [6.45, 7) is 0. The van der Waals surface area contributed by atoms with E-state index in [4.69, 9.17) is 9.73 Å². The number of esters is 1. The van der Waals surface area contributed by atoms with Crippen molar-refractivity contribution in [3.05, 3.63) is 132 Å². The summed E-state index contributed by atoms with van der Waals surface area (Å²) in [6, 6.07) is 33.8. The minimum absolute atomic E-state index is 0.363. The van der Waals surface area contributed by atoms with Gasteiger partial charge >= 0.3 is 5.97 Å². The first-order valence-corrected chi connectivity index (χ1v) is 11.0. The Morgan fingerprint density at radius 3 is 2.06 bits per heavy atom. The third-order valence-corrected chi connectivity index (χ3v) is 5.68. The van der Waals surface area contributed by atoms with E-state index in [1.165, 1.54) is 7.11 Å². The van der Waals surface area contributed by atoms with E-state index < -0.39 is 0 Å². The van der Waals surface area contributed by atoms with Crippen LogP contribution in [-0.2, 0) is 4.74 Å². The van der Waals surface area contributed by atoms with Crippen molar-refractivity contribution in [1.29, 1.82) is 0 Å². The highest BCUT2D eigenvalue weighted by molar-refractivity contribution is 6.15. The lowest BCUT2D eigenvalue weighted by atomic mass is 9.96. The fourth-order valence-electron chi connectivity index (χ4n) is 4.08. The molecule has 4 aromatic carbocycles. The lowest BCUT2D eigenvalue weighted by molar-refractivity contribution is 0.0601. The summed E-state index contributed by atoms with van der Waals surface area (Å²) in [7, 11) is 1.39. The van der Waals surface area contributed by atoms with E-state index in [0.717, 1.165) is 44.4 Å². The van der Waals surface area contributed by atoms with Crippen LogP contribution in [0.2, 0.25) is 0 Å². The number of benzene rings is 4. The molecular formula is C30H22N2O2. The maximum Gasteiger partial charge on any atom is 0.337 e. The van der Waals surface area contributed by atoms with Gasteiger partial charge in [-0.15, -0.1) is 0 Å². The smallest absolute Gasteiger partial charge is 0.337 e. The average Bonchev–Trinajstić information content (AvgIpc) is 2.92. The number of aliphatic imine (C=N–C) groups is 1. The second-order valence-electron chi connectivity index (χ2n) is 7.83. The molecule has 0 aliphatic heterocycles. The molecule has 0 unspecified atom stereocenters. The number of pyridine rings is 1. The monoisotopic (exact) mass is 442 g/mol. The van der Waals surface area contributed by atoms with Crippen LogP contribution in [0, 0.1) is 0 Å². The molecule has 5 rings (SSSR count). The van der Waals surface area contributed by atoms with Crippen LogP contribution in [0.1, 0.15) is 21.5 Å². The molecule has 164 valence electrons. The molecule has 0 aliphatic rings. The van der Waals surface area contributed by atoms with Crippen molar-refractivity contribution in [2.75, 3.05) is 7.11 Å². The number of fused-ring (bicyclic) bond motifs is 1. The number of nitrogens with zero attached hydrogens (tertiary/aromatic N) is 2. The molecule has 0 saturated heterocycles. The van der Waals surface area contributed by atoms with Gasteiger partial charge < -0.3 is 4.74 Å². The molecule has 0 fully saturated rings. The first-order chi connectivity index (χ1) is 16.7. The van der Waals surface area contributed by atoms with Gasteiger partial charge in [-0.1, -0.05) is 91.0 Å². The number of carbonyl (C=O) groups excluding carboxylic acids is 1. The molecule has 0 saturated carbocycles. The number of hydrogen-bond donors (Lipinski definition) is 0. The highest BCUT2D eigenvalue weighted by Crippen LogP contribution is 2.36. The minimum atomic E-state index is -0.363. The predicted molar refractivity (Wildman–Crippen MR) is 137 cm³/mol. The van der Waals surface area contributed by atoms with Gasteiger partial charge in [0.25, 0.3) is 0 Å². The van der Waals surface area contributed by atoms with E-state index in [0.29, 0.717) is 5.56 Å². The van der Waals surface area contributed by atoms with Crippen LogP contribution in [0.3, 0.4) is 0 Å². The van der Waals surface area contributed by atoms with Gasteiger partial charge in [-0.25, -0.2) is 9.79 Å². The van der Waals surface area contributed by atoms with E-state index in [2.05, 4.69) is 29.2 Å². The lowest BCUT2D eigenvalue weighted by Crippen LogP contribution is -2.03. The molecule has 0 bridgehead atoms. The Hall–Kier alpha value is -4.57. The Morgan fingerprint density at radius 1 is 0.735 bits per heavy atom. The summed E-state index contributed by atoms with van der Waals surface area (Å²) in [5.74, 6) is -0.363. The summed E-state index contributed by atoms with van der Waals surface area (Å²) in [4.78, 5) is 21.7. The van der Waals surface area contributed by atoms with E-state index >= 15 is 0 Å². The van der Waals surface area contributed by atoms with Gasteiger partial charge in [0.1, 0.15) is 0 Å². The van der Waals surface area contributed by atoms with Gasteiger partial charge in [0.05, 0.1) is 30.3 Å². The van der Waals surface area contributed by atoms with Gasteiger partial charge in [-0.2, -0.15) is 0 Å². The molecule has 0 N–H and O–H groups in total. The number of aromatic nitrogens is 1. The molecule has 0 atom stereocenters. The van der Waals surface area contributed by atoms with Gasteiger partial charge in [0, 0.05) is 28.1 Å². The van der Waals surface area contributed by atoms with Crippen LogP contribution in [-0.4, -0.2) is 23.8 Å². The van der Waals surface area contributed by atoms with Crippen LogP contribution in [0.5, 0.6) is 0 Å². The third-order valence-electron chi connectivity index (χ3n) is 5.68. The van der Waals surface area contributed by atoms with E-state index in [1.54, 1.807) is 12.3 Å². The first kappa shape index (κ1) is 21.3. The zero-order valence-corrected chi connectivity index (χ0v) is 18.7. The summed E-state index contributed by atoms with van der Waals surface area (Å²) in [6.07, 6.45) is 3.63. The second-order valence-corrected chi connectivity index (χ2v) is 7.83. The third kappa shape index (κ3) is 4.21. The summed E-state index contributed by atoms with van der Waals surface area (Å²) in [5, 5.41) is 1.95. The standard InChI is InChI=1S/C30H22N2O2/c1-34-30(33)24-15-8-14-23(18-24)26-17-9-16-25-19-31-20-27(28(25)26)32-29(21-10-4-2-5-11-21)22-12-6-3-7-13-22/h2-20H,1H3. The maximum absolute atomic E-state index is 12.1. The Kier molecular flexibility index (Phi) is 5.95. The zero-order valence-electron chi connectivity index (χ0n) is 18.7. The number of methoxy groups -OCH3 is 1. The Bertz CT molecular complexity index is 1450. The van der Waals surface area contributed by atoms with E-state index in [1.807, 2.05) is 79.0 Å². The van der Waals surface area contributed by atoms with Crippen molar-refractivity contribution in [1.82, 2.24) is 4.98 Å². The maximum atomic E-state index is 12.1. The van der Waals surface area contributed by atoms with Crippen molar-refractivity contribution < 1.29 is 9.53 Å². The molecule has 0 spiro atoms. The highest BCUT2D eigenvalue weighted by atomic mass is 16.5. The van der Waals surface area contributed by atoms with Gasteiger partial charge in [-0.3, -0.25) is 4.98 Å². The van der Waals surface area contributed by atoms with E-state index in [-0.39, 0.29) is 5.97 Å². The van der Waals surface area contributed by atoms with Crippen molar-refractivity contribution in [2.45, 2.75) is 0 Å².